The molecule has 4 saturated carbocycles. The Morgan fingerprint density at radius 3 is 2.45 bits per heavy atom. The van der Waals surface area contributed by atoms with Gasteiger partial charge in [-0.05, 0) is 129 Å². The number of fused-ring (bicyclic) bond motifs is 6. The minimum atomic E-state index is -0.581. The molecule has 296 valence electrons. The highest BCUT2D eigenvalue weighted by Crippen LogP contribution is 2.66. The van der Waals surface area contributed by atoms with Gasteiger partial charge in [0.25, 0.3) is 11.5 Å². The van der Waals surface area contributed by atoms with Gasteiger partial charge in [0.15, 0.2) is 0 Å². The van der Waals surface area contributed by atoms with Crippen molar-refractivity contribution < 1.29 is 23.8 Å². The summed E-state index contributed by atoms with van der Waals surface area (Å²) in [6.07, 6.45) is 14.6. The molecule has 9 nitrogen and oxygen atoms in total. The molecule has 0 unspecified atom stereocenters. The normalized spacial score (nSPS) is 31.9. The molecule has 8 rings (SSSR count). The van der Waals surface area contributed by atoms with Crippen molar-refractivity contribution in [2.24, 2.45) is 34.5 Å². The van der Waals surface area contributed by atoms with Crippen molar-refractivity contribution in [3.63, 3.8) is 0 Å². The number of nitrogens with one attached hydrogen (secondary N) is 1. The second-order valence-corrected chi connectivity index (χ2v) is 18.1. The summed E-state index contributed by atoms with van der Waals surface area (Å²) in [5.41, 5.74) is 1.77. The van der Waals surface area contributed by atoms with E-state index in [1.165, 1.54) is 51.0 Å². The molecule has 8 atom stereocenters. The van der Waals surface area contributed by atoms with E-state index < -0.39 is 5.82 Å². The van der Waals surface area contributed by atoms with Gasteiger partial charge < -0.3 is 19.6 Å². The highest BCUT2D eigenvalue weighted by molar-refractivity contribution is 5.95. The summed E-state index contributed by atoms with van der Waals surface area (Å²) in [5.74, 6) is 2.21. The van der Waals surface area contributed by atoms with Crippen LogP contribution in [0.2, 0.25) is 0 Å². The van der Waals surface area contributed by atoms with E-state index in [4.69, 9.17) is 4.74 Å². The Hall–Kier alpha value is -3.63. The van der Waals surface area contributed by atoms with E-state index in [1.807, 2.05) is 17.0 Å². The highest BCUT2D eigenvalue weighted by Gasteiger charge is 2.60. The first-order chi connectivity index (χ1) is 26.5. The van der Waals surface area contributed by atoms with Crippen LogP contribution in [0.4, 0.5) is 4.39 Å². The van der Waals surface area contributed by atoms with E-state index in [-0.39, 0.29) is 34.5 Å². The number of nitrogens with zero attached hydrogens (tertiary/aromatic N) is 3. The standard InChI is InChI=1S/C45H59FN4O5/c1-44-19-17-31(51)28-30(44)12-13-34-36-14-16-40(45(36,2)20-18-37(34)44)55-25-7-3-4-10-41(52)49-21-23-50(24-22-49)43(54)35-26-29(11-15-38(35)46)27-39-32-8-5-6-9-33(32)42(53)48-47-39/h5-6,8-9,11,15,26,30-31,34,36-37,40,51H,3-4,7,10,12-14,16-25,27-28H2,1-2H3,(H,48,53)/t30-,31-,34-,36-,37-,40-,44-,45-/m0/s1. The van der Waals surface area contributed by atoms with Crippen molar-refractivity contribution in [3.05, 3.63) is 75.5 Å². The molecule has 1 saturated heterocycles. The number of benzene rings is 2. The fourth-order valence-corrected chi connectivity index (χ4v) is 12.1. The van der Waals surface area contributed by atoms with Gasteiger partial charge in [0.2, 0.25) is 5.91 Å². The number of aliphatic hydroxyl groups excluding tert-OH is 1. The van der Waals surface area contributed by atoms with Crippen molar-refractivity contribution in [1.82, 2.24) is 20.0 Å². The Balaban J connectivity index is 0.760. The number of hydrogen-bond donors (Lipinski definition) is 2. The second kappa shape index (κ2) is 15.7. The molecular weight excluding hydrogens is 696 g/mol. The van der Waals surface area contributed by atoms with Crippen LogP contribution in [0.15, 0.2) is 47.3 Å². The molecule has 5 fully saturated rings. The molecule has 3 aromatic rings. The molecule has 55 heavy (non-hydrogen) atoms. The molecule has 2 amide bonds. The van der Waals surface area contributed by atoms with Gasteiger partial charge in [0.05, 0.1) is 28.9 Å². The maximum atomic E-state index is 15.0. The summed E-state index contributed by atoms with van der Waals surface area (Å²) < 4.78 is 21.6. The van der Waals surface area contributed by atoms with Crippen molar-refractivity contribution in [3.8, 4) is 0 Å². The average Bonchev–Trinajstić information content (AvgIpc) is 3.54. The van der Waals surface area contributed by atoms with Crippen LogP contribution in [-0.4, -0.2) is 81.9 Å². The summed E-state index contributed by atoms with van der Waals surface area (Å²) in [6.45, 7) is 7.42. The van der Waals surface area contributed by atoms with E-state index in [9.17, 15) is 23.9 Å². The maximum absolute atomic E-state index is 15.0. The van der Waals surface area contributed by atoms with Crippen LogP contribution in [0.25, 0.3) is 10.8 Å². The summed E-state index contributed by atoms with van der Waals surface area (Å²) in [4.78, 5) is 42.2. The van der Waals surface area contributed by atoms with Crippen LogP contribution in [0.3, 0.4) is 0 Å². The number of hydrogen-bond acceptors (Lipinski definition) is 6. The van der Waals surface area contributed by atoms with Crippen LogP contribution >= 0.6 is 0 Å². The fourth-order valence-electron chi connectivity index (χ4n) is 12.1. The molecule has 1 aliphatic heterocycles. The zero-order valence-electron chi connectivity index (χ0n) is 32.7. The largest absolute Gasteiger partial charge is 0.393 e. The maximum Gasteiger partial charge on any atom is 0.272 e. The van der Waals surface area contributed by atoms with Crippen LogP contribution in [0.1, 0.15) is 119 Å². The third kappa shape index (κ3) is 7.38. The van der Waals surface area contributed by atoms with Gasteiger partial charge in [-0.3, -0.25) is 14.4 Å². The topological polar surface area (TPSA) is 116 Å². The third-order valence-corrected chi connectivity index (χ3v) is 15.2. The van der Waals surface area contributed by atoms with Gasteiger partial charge in [-0.1, -0.05) is 44.5 Å². The van der Waals surface area contributed by atoms with E-state index in [1.54, 1.807) is 29.2 Å². The number of rotatable bonds is 10. The van der Waals surface area contributed by atoms with Crippen LogP contribution in [0.5, 0.6) is 0 Å². The smallest absolute Gasteiger partial charge is 0.272 e. The summed E-state index contributed by atoms with van der Waals surface area (Å²) in [7, 11) is 0. The number of aromatic amines is 1. The molecule has 2 heterocycles. The van der Waals surface area contributed by atoms with Gasteiger partial charge in [-0.15, -0.1) is 0 Å². The number of ether oxygens (including phenoxy) is 1. The van der Waals surface area contributed by atoms with Gasteiger partial charge >= 0.3 is 0 Å². The SMILES string of the molecule is C[C@]12CC[C@H](O)C[C@@H]1CC[C@@H]1[C@@H]2CC[C@]2(C)[C@@H](OCCCCCC(=O)N3CCN(C(=O)c4cc(Cc5n[nH]c(=O)c6ccccc56)ccc4F)CC3)CC[C@@H]12. The number of aromatic nitrogens is 2. The molecule has 2 aromatic carbocycles. The predicted molar refractivity (Wildman–Crippen MR) is 210 cm³/mol. The quantitative estimate of drug-likeness (QED) is 0.210. The molecule has 5 aliphatic rings. The first kappa shape index (κ1) is 38.3. The molecule has 10 heteroatoms. The number of H-pyrrole nitrogens is 1. The Bertz CT molecular complexity index is 1940. The summed E-state index contributed by atoms with van der Waals surface area (Å²) in [6, 6.07) is 11.7. The molecule has 0 spiro atoms. The number of aliphatic hydroxyl groups is 1. The van der Waals surface area contributed by atoms with Crippen molar-refractivity contribution in [1.29, 1.82) is 0 Å². The van der Waals surface area contributed by atoms with Crippen molar-refractivity contribution in [2.45, 2.75) is 116 Å². The lowest BCUT2D eigenvalue weighted by Crippen LogP contribution is -2.54. The minimum absolute atomic E-state index is 0.00507. The lowest BCUT2D eigenvalue weighted by Gasteiger charge is -2.60. The first-order valence-electron chi connectivity index (χ1n) is 21.2. The predicted octanol–water partition coefficient (Wildman–Crippen LogP) is 7.29. The average molecular weight is 755 g/mol. The number of halogens is 1. The lowest BCUT2D eigenvalue weighted by atomic mass is 9.45. The number of unbranched alkanes of at least 4 members (excludes halogenated alkanes) is 2. The molecule has 1 aromatic heterocycles. The number of carbonyl (C=O) groups excluding carboxylic acids is 2. The summed E-state index contributed by atoms with van der Waals surface area (Å²) >= 11 is 0. The number of carbonyl (C=O) groups is 2. The van der Waals surface area contributed by atoms with Gasteiger partial charge in [0, 0.05) is 51.0 Å². The Morgan fingerprint density at radius 1 is 0.891 bits per heavy atom. The van der Waals surface area contributed by atoms with Gasteiger partial charge in [-0.2, -0.15) is 5.10 Å². The molecule has 4 aliphatic carbocycles. The molecule has 0 bridgehead atoms. The van der Waals surface area contributed by atoms with E-state index in [0.29, 0.717) is 67.5 Å². The monoisotopic (exact) mass is 754 g/mol. The Kier molecular flexibility index (Phi) is 10.9. The second-order valence-electron chi connectivity index (χ2n) is 18.1. The zero-order valence-corrected chi connectivity index (χ0v) is 32.7. The highest BCUT2D eigenvalue weighted by atomic mass is 19.1. The van der Waals surface area contributed by atoms with Gasteiger partial charge in [-0.25, -0.2) is 9.49 Å². The summed E-state index contributed by atoms with van der Waals surface area (Å²) in [5, 5.41) is 18.4. The molecule has 2 N–H and O–H groups in total. The molecule has 0 radical (unpaired) electrons. The third-order valence-electron chi connectivity index (χ3n) is 15.2. The van der Waals surface area contributed by atoms with E-state index in [2.05, 4.69) is 24.0 Å². The number of piperazine rings is 1. The van der Waals surface area contributed by atoms with Crippen molar-refractivity contribution in [2.75, 3.05) is 32.8 Å². The van der Waals surface area contributed by atoms with Crippen LogP contribution in [0, 0.1) is 40.3 Å². The van der Waals surface area contributed by atoms with Crippen molar-refractivity contribution >= 4 is 22.6 Å². The first-order valence-corrected chi connectivity index (χ1v) is 21.2. The minimum Gasteiger partial charge on any atom is -0.393 e. The Labute approximate surface area is 324 Å². The fraction of sp³-hybridized carbons (Fsp3) is 0.644. The zero-order chi connectivity index (χ0) is 38.3. The van der Waals surface area contributed by atoms with Gasteiger partial charge in [0.1, 0.15) is 5.82 Å². The Morgan fingerprint density at radius 2 is 1.64 bits per heavy atom. The van der Waals surface area contributed by atoms with E-state index in [0.717, 1.165) is 67.4 Å². The van der Waals surface area contributed by atoms with Crippen LogP contribution in [-0.2, 0) is 16.0 Å². The van der Waals surface area contributed by atoms with Crippen LogP contribution < -0.4 is 5.56 Å². The lowest BCUT2D eigenvalue weighted by molar-refractivity contribution is -0.141. The molecular formula is C45H59FN4O5. The van der Waals surface area contributed by atoms with E-state index >= 15 is 0 Å². The number of amides is 2.